The molecular formula is C15H21ClN6O2. The van der Waals surface area contributed by atoms with Gasteiger partial charge in [-0.2, -0.15) is 4.98 Å². The summed E-state index contributed by atoms with van der Waals surface area (Å²) in [4.78, 5) is 17.3. The van der Waals surface area contributed by atoms with Crippen molar-refractivity contribution in [2.75, 3.05) is 38.2 Å². The Hall–Kier alpha value is -1.77. The summed E-state index contributed by atoms with van der Waals surface area (Å²) in [6.07, 6.45) is 4.15. The summed E-state index contributed by atoms with van der Waals surface area (Å²) in [6, 6.07) is 0. The number of hydrogen-bond acceptors (Lipinski definition) is 8. The van der Waals surface area contributed by atoms with Crippen LogP contribution in [0.3, 0.4) is 0 Å². The van der Waals surface area contributed by atoms with Gasteiger partial charge in [0.15, 0.2) is 5.82 Å². The van der Waals surface area contributed by atoms with E-state index in [1.54, 1.807) is 19.5 Å². The van der Waals surface area contributed by atoms with Crippen molar-refractivity contribution >= 4 is 17.4 Å². The van der Waals surface area contributed by atoms with E-state index in [-0.39, 0.29) is 6.10 Å². The molecule has 0 bridgehead atoms. The van der Waals surface area contributed by atoms with Gasteiger partial charge in [-0.15, -0.1) is 0 Å². The van der Waals surface area contributed by atoms with E-state index in [9.17, 15) is 0 Å². The summed E-state index contributed by atoms with van der Waals surface area (Å²) in [5.41, 5.74) is 0. The number of ether oxygens (including phenoxy) is 1. The van der Waals surface area contributed by atoms with Crippen LogP contribution in [-0.2, 0) is 11.3 Å². The lowest BCUT2D eigenvalue weighted by Crippen LogP contribution is -2.31. The maximum Gasteiger partial charge on any atom is 0.240 e. The molecule has 1 aliphatic heterocycles. The Kier molecular flexibility index (Phi) is 5.60. The first kappa shape index (κ1) is 17.1. The fourth-order valence-electron chi connectivity index (χ4n) is 2.64. The number of rotatable bonds is 5. The normalized spacial score (nSPS) is 17.7. The average molecular weight is 353 g/mol. The first-order valence-electron chi connectivity index (χ1n) is 7.96. The van der Waals surface area contributed by atoms with Gasteiger partial charge in [0, 0.05) is 33.3 Å². The maximum atomic E-state index is 5.93. The second kappa shape index (κ2) is 7.87. The third kappa shape index (κ3) is 4.19. The van der Waals surface area contributed by atoms with Crippen LogP contribution in [0, 0.1) is 0 Å². The van der Waals surface area contributed by atoms with Gasteiger partial charge >= 0.3 is 0 Å². The largest absolute Gasteiger partial charge is 0.374 e. The van der Waals surface area contributed by atoms with Crippen molar-refractivity contribution in [2.24, 2.45) is 0 Å². The molecule has 1 atom stereocenters. The second-order valence-corrected chi connectivity index (χ2v) is 6.13. The fraction of sp³-hybridized carbons (Fsp3) is 0.600. The van der Waals surface area contributed by atoms with Crippen LogP contribution < -0.4 is 4.90 Å². The van der Waals surface area contributed by atoms with Gasteiger partial charge in [-0.05, 0) is 13.3 Å². The molecule has 0 amide bonds. The minimum Gasteiger partial charge on any atom is -0.374 e. The van der Waals surface area contributed by atoms with Crippen LogP contribution in [-0.4, -0.2) is 58.3 Å². The van der Waals surface area contributed by atoms with Crippen molar-refractivity contribution in [3.05, 3.63) is 29.3 Å². The van der Waals surface area contributed by atoms with Gasteiger partial charge in [-0.25, -0.2) is 4.98 Å². The first-order chi connectivity index (χ1) is 11.7. The van der Waals surface area contributed by atoms with E-state index in [1.807, 2.05) is 6.92 Å². The van der Waals surface area contributed by atoms with Crippen LogP contribution >= 0.6 is 11.6 Å². The van der Waals surface area contributed by atoms with Crippen LogP contribution in [0.25, 0.3) is 0 Å². The summed E-state index contributed by atoms with van der Waals surface area (Å²) in [5, 5.41) is 4.38. The molecule has 1 saturated heterocycles. The van der Waals surface area contributed by atoms with E-state index in [0.29, 0.717) is 23.4 Å². The molecule has 0 aliphatic carbocycles. The number of anilines is 1. The maximum absolute atomic E-state index is 5.93. The zero-order chi connectivity index (χ0) is 16.9. The van der Waals surface area contributed by atoms with Crippen LogP contribution in [0.2, 0.25) is 5.15 Å². The Bertz CT molecular complexity index is 667. The molecule has 0 aromatic carbocycles. The van der Waals surface area contributed by atoms with Crippen molar-refractivity contribution in [1.29, 1.82) is 0 Å². The minimum absolute atomic E-state index is 0.163. The van der Waals surface area contributed by atoms with E-state index in [1.165, 1.54) is 0 Å². The Morgan fingerprint density at radius 3 is 2.92 bits per heavy atom. The molecule has 1 aliphatic rings. The van der Waals surface area contributed by atoms with Crippen molar-refractivity contribution in [3.63, 3.8) is 0 Å². The summed E-state index contributed by atoms with van der Waals surface area (Å²) in [6.45, 7) is 6.14. The van der Waals surface area contributed by atoms with Crippen LogP contribution in [0.1, 0.15) is 31.2 Å². The number of methoxy groups -OCH3 is 1. The summed E-state index contributed by atoms with van der Waals surface area (Å²) >= 11 is 5.93. The molecule has 24 heavy (non-hydrogen) atoms. The van der Waals surface area contributed by atoms with Crippen molar-refractivity contribution in [2.45, 2.75) is 26.0 Å². The van der Waals surface area contributed by atoms with E-state index >= 15 is 0 Å². The van der Waals surface area contributed by atoms with Crippen LogP contribution in [0.15, 0.2) is 16.9 Å². The monoisotopic (exact) mass is 352 g/mol. The Morgan fingerprint density at radius 1 is 1.25 bits per heavy atom. The van der Waals surface area contributed by atoms with E-state index in [4.69, 9.17) is 20.9 Å². The van der Waals surface area contributed by atoms with Crippen molar-refractivity contribution in [1.82, 2.24) is 25.0 Å². The van der Waals surface area contributed by atoms with Gasteiger partial charge in [-0.3, -0.25) is 9.88 Å². The standard InChI is InChI=1S/C15H21ClN6O2/c1-11(23-2)15-19-14(24-20-15)10-21-4-3-5-22(7-6-21)13-9-17-8-12(16)18-13/h8-9,11H,3-7,10H2,1-2H3. The summed E-state index contributed by atoms with van der Waals surface area (Å²) in [7, 11) is 1.63. The average Bonchev–Trinajstić information content (AvgIpc) is 2.92. The molecular weight excluding hydrogens is 332 g/mol. The topological polar surface area (TPSA) is 80.4 Å². The molecule has 3 heterocycles. The van der Waals surface area contributed by atoms with Gasteiger partial charge in [0.2, 0.25) is 5.89 Å². The Balaban J connectivity index is 1.58. The molecule has 2 aromatic heterocycles. The van der Waals surface area contributed by atoms with E-state index < -0.39 is 0 Å². The molecule has 0 radical (unpaired) electrons. The molecule has 130 valence electrons. The van der Waals surface area contributed by atoms with Crippen LogP contribution in [0.4, 0.5) is 5.82 Å². The second-order valence-electron chi connectivity index (χ2n) is 5.74. The zero-order valence-electron chi connectivity index (χ0n) is 13.9. The SMILES string of the molecule is COC(C)c1noc(CN2CCCN(c3cncc(Cl)n3)CC2)n1. The third-order valence-corrected chi connectivity index (χ3v) is 4.25. The number of hydrogen-bond donors (Lipinski definition) is 0. The molecule has 2 aromatic rings. The highest BCUT2D eigenvalue weighted by Gasteiger charge is 2.19. The summed E-state index contributed by atoms with van der Waals surface area (Å²) < 4.78 is 10.5. The van der Waals surface area contributed by atoms with E-state index in [0.717, 1.165) is 38.4 Å². The van der Waals surface area contributed by atoms with Gasteiger partial charge in [0.1, 0.15) is 17.1 Å². The van der Waals surface area contributed by atoms with Gasteiger partial charge in [0.25, 0.3) is 0 Å². The molecule has 3 rings (SSSR count). The number of nitrogens with zero attached hydrogens (tertiary/aromatic N) is 6. The molecule has 0 spiro atoms. The molecule has 0 saturated carbocycles. The smallest absolute Gasteiger partial charge is 0.240 e. The number of aromatic nitrogens is 4. The molecule has 8 nitrogen and oxygen atoms in total. The van der Waals surface area contributed by atoms with Gasteiger partial charge in [-0.1, -0.05) is 16.8 Å². The fourth-order valence-corrected chi connectivity index (χ4v) is 2.78. The lowest BCUT2D eigenvalue weighted by molar-refractivity contribution is 0.109. The third-order valence-electron chi connectivity index (χ3n) is 4.06. The van der Waals surface area contributed by atoms with Crippen LogP contribution in [0.5, 0.6) is 0 Å². The molecule has 0 N–H and O–H groups in total. The highest BCUT2D eigenvalue weighted by atomic mass is 35.5. The predicted octanol–water partition coefficient (Wildman–Crippen LogP) is 1.93. The number of halogens is 1. The molecule has 1 fully saturated rings. The van der Waals surface area contributed by atoms with E-state index in [2.05, 4.69) is 29.9 Å². The highest BCUT2D eigenvalue weighted by molar-refractivity contribution is 6.29. The van der Waals surface area contributed by atoms with Gasteiger partial charge < -0.3 is 14.2 Å². The Labute approximate surface area is 145 Å². The lowest BCUT2D eigenvalue weighted by atomic mass is 10.3. The molecule has 9 heteroatoms. The first-order valence-corrected chi connectivity index (χ1v) is 8.33. The summed E-state index contributed by atoms with van der Waals surface area (Å²) in [5.74, 6) is 2.02. The van der Waals surface area contributed by atoms with Gasteiger partial charge in [0.05, 0.1) is 18.9 Å². The van der Waals surface area contributed by atoms with Crippen molar-refractivity contribution in [3.8, 4) is 0 Å². The quantitative estimate of drug-likeness (QED) is 0.807. The Morgan fingerprint density at radius 2 is 2.12 bits per heavy atom. The van der Waals surface area contributed by atoms with Crippen molar-refractivity contribution < 1.29 is 9.26 Å². The highest BCUT2D eigenvalue weighted by Crippen LogP contribution is 2.17. The minimum atomic E-state index is -0.163. The molecule has 1 unspecified atom stereocenters. The lowest BCUT2D eigenvalue weighted by Gasteiger charge is -2.21. The zero-order valence-corrected chi connectivity index (χ0v) is 14.6. The predicted molar refractivity (Wildman–Crippen MR) is 88.9 cm³/mol.